The summed E-state index contributed by atoms with van der Waals surface area (Å²) in [6, 6.07) is 12.8. The number of likely N-dealkylation sites (N-methyl/N-ethyl adjacent to an activating group) is 1. The molecular formula is C22H27N3O6S. The van der Waals surface area contributed by atoms with Crippen molar-refractivity contribution in [2.45, 2.75) is 11.8 Å². The van der Waals surface area contributed by atoms with Crippen LogP contribution in [0.2, 0.25) is 0 Å². The van der Waals surface area contributed by atoms with Crippen molar-refractivity contribution in [1.82, 2.24) is 9.21 Å². The summed E-state index contributed by atoms with van der Waals surface area (Å²) in [5.74, 6) is -0.207. The van der Waals surface area contributed by atoms with Crippen molar-refractivity contribution < 1.29 is 27.5 Å². The van der Waals surface area contributed by atoms with Crippen LogP contribution < -0.4 is 10.1 Å². The molecule has 32 heavy (non-hydrogen) atoms. The van der Waals surface area contributed by atoms with Gasteiger partial charge in [0, 0.05) is 25.2 Å². The summed E-state index contributed by atoms with van der Waals surface area (Å²) in [6.07, 6.45) is 0. The number of benzene rings is 2. The van der Waals surface area contributed by atoms with E-state index in [1.165, 1.54) is 40.6 Å². The molecule has 1 N–H and O–H groups in total. The average molecular weight is 462 g/mol. The molecule has 0 aromatic heterocycles. The Morgan fingerprint density at radius 3 is 2.38 bits per heavy atom. The fraction of sp³-hybridized carbons (Fsp3) is 0.364. The zero-order valence-electron chi connectivity index (χ0n) is 18.1. The monoisotopic (exact) mass is 461 g/mol. The molecule has 0 unspecified atom stereocenters. The van der Waals surface area contributed by atoms with Crippen molar-refractivity contribution >= 4 is 27.5 Å². The number of hydrogen-bond acceptors (Lipinski definition) is 6. The van der Waals surface area contributed by atoms with Crippen LogP contribution in [0, 0.1) is 0 Å². The molecule has 2 amide bonds. The van der Waals surface area contributed by atoms with Crippen LogP contribution in [0.1, 0.15) is 17.3 Å². The van der Waals surface area contributed by atoms with Crippen LogP contribution in [0.3, 0.4) is 0 Å². The number of nitrogens with zero attached hydrogens (tertiary/aromatic N) is 2. The number of para-hydroxylation sites is 2. The van der Waals surface area contributed by atoms with Gasteiger partial charge in [-0.05, 0) is 43.3 Å². The van der Waals surface area contributed by atoms with Gasteiger partial charge in [0.05, 0.1) is 30.9 Å². The smallest absolute Gasteiger partial charge is 0.254 e. The summed E-state index contributed by atoms with van der Waals surface area (Å²) in [7, 11) is -2.13. The SMILES string of the molecule is CCN(CC(=O)Nc1ccccc1OC)C(=O)c1ccc(S(=O)(=O)N2CCOCC2)cc1. The maximum absolute atomic E-state index is 12.9. The number of nitrogens with one attached hydrogen (secondary N) is 1. The summed E-state index contributed by atoms with van der Waals surface area (Å²) < 4.78 is 37.3. The van der Waals surface area contributed by atoms with Gasteiger partial charge in [-0.3, -0.25) is 9.59 Å². The van der Waals surface area contributed by atoms with Gasteiger partial charge in [-0.25, -0.2) is 8.42 Å². The molecule has 0 atom stereocenters. The van der Waals surface area contributed by atoms with Crippen LogP contribution >= 0.6 is 0 Å². The van der Waals surface area contributed by atoms with E-state index in [9.17, 15) is 18.0 Å². The third-order valence-electron chi connectivity index (χ3n) is 5.09. The number of amides is 2. The number of hydrogen-bond donors (Lipinski definition) is 1. The Bertz CT molecular complexity index is 1050. The summed E-state index contributed by atoms with van der Waals surface area (Å²) in [6.45, 7) is 3.25. The summed E-state index contributed by atoms with van der Waals surface area (Å²) in [5.41, 5.74) is 0.819. The summed E-state index contributed by atoms with van der Waals surface area (Å²) in [4.78, 5) is 26.9. The van der Waals surface area contributed by atoms with Crippen LogP contribution in [0.15, 0.2) is 53.4 Å². The lowest BCUT2D eigenvalue weighted by atomic mass is 10.2. The van der Waals surface area contributed by atoms with E-state index in [4.69, 9.17) is 9.47 Å². The first-order chi connectivity index (χ1) is 15.4. The Kier molecular flexibility index (Phi) is 7.84. The van der Waals surface area contributed by atoms with Crippen LogP contribution in [-0.2, 0) is 19.6 Å². The Morgan fingerprint density at radius 1 is 1.09 bits per heavy atom. The van der Waals surface area contributed by atoms with Crippen LogP contribution in [0.5, 0.6) is 5.75 Å². The molecule has 1 fully saturated rings. The number of methoxy groups -OCH3 is 1. The molecule has 1 aliphatic heterocycles. The highest BCUT2D eigenvalue weighted by molar-refractivity contribution is 7.89. The van der Waals surface area contributed by atoms with Crippen molar-refractivity contribution in [2.75, 3.05) is 51.8 Å². The lowest BCUT2D eigenvalue weighted by molar-refractivity contribution is -0.116. The molecule has 0 spiro atoms. The molecular weight excluding hydrogens is 434 g/mol. The van der Waals surface area contributed by atoms with E-state index in [0.29, 0.717) is 49.8 Å². The maximum atomic E-state index is 12.9. The zero-order chi connectivity index (χ0) is 23.1. The number of anilines is 1. The third-order valence-corrected chi connectivity index (χ3v) is 7.01. The number of ether oxygens (including phenoxy) is 2. The predicted octanol–water partition coefficient (Wildman–Crippen LogP) is 1.82. The van der Waals surface area contributed by atoms with Crippen molar-refractivity contribution in [3.05, 3.63) is 54.1 Å². The van der Waals surface area contributed by atoms with Crippen molar-refractivity contribution in [3.63, 3.8) is 0 Å². The van der Waals surface area contributed by atoms with Crippen LogP contribution in [-0.4, -0.2) is 75.9 Å². The molecule has 1 aliphatic rings. The van der Waals surface area contributed by atoms with Gasteiger partial charge in [0.15, 0.2) is 0 Å². The molecule has 3 rings (SSSR count). The Hall–Kier alpha value is -2.95. The van der Waals surface area contributed by atoms with Gasteiger partial charge in [0.25, 0.3) is 5.91 Å². The van der Waals surface area contributed by atoms with Gasteiger partial charge in [-0.1, -0.05) is 12.1 Å². The molecule has 2 aromatic rings. The molecule has 172 valence electrons. The second-order valence-electron chi connectivity index (χ2n) is 7.11. The van der Waals surface area contributed by atoms with Gasteiger partial charge in [0.1, 0.15) is 12.3 Å². The fourth-order valence-electron chi connectivity index (χ4n) is 3.33. The minimum Gasteiger partial charge on any atom is -0.495 e. The van der Waals surface area contributed by atoms with E-state index < -0.39 is 10.0 Å². The second-order valence-corrected chi connectivity index (χ2v) is 9.05. The van der Waals surface area contributed by atoms with E-state index in [2.05, 4.69) is 5.32 Å². The number of sulfonamides is 1. The van der Waals surface area contributed by atoms with Gasteiger partial charge in [-0.15, -0.1) is 0 Å². The summed E-state index contributed by atoms with van der Waals surface area (Å²) >= 11 is 0. The quantitative estimate of drug-likeness (QED) is 0.643. The Morgan fingerprint density at radius 2 is 1.75 bits per heavy atom. The van der Waals surface area contributed by atoms with Gasteiger partial charge < -0.3 is 19.7 Å². The number of carbonyl (C=O) groups excluding carboxylic acids is 2. The Balaban J connectivity index is 1.67. The topological polar surface area (TPSA) is 105 Å². The lowest BCUT2D eigenvalue weighted by Crippen LogP contribution is -2.40. The number of rotatable bonds is 8. The van der Waals surface area contributed by atoms with Gasteiger partial charge in [0.2, 0.25) is 15.9 Å². The highest BCUT2D eigenvalue weighted by atomic mass is 32.2. The maximum Gasteiger partial charge on any atom is 0.254 e. The van der Waals surface area contributed by atoms with Crippen molar-refractivity contribution in [1.29, 1.82) is 0 Å². The first-order valence-corrected chi connectivity index (χ1v) is 11.7. The summed E-state index contributed by atoms with van der Waals surface area (Å²) in [5, 5.41) is 2.75. The van der Waals surface area contributed by atoms with Crippen molar-refractivity contribution in [3.8, 4) is 5.75 Å². The largest absolute Gasteiger partial charge is 0.495 e. The molecule has 2 aromatic carbocycles. The van der Waals surface area contributed by atoms with E-state index in [0.717, 1.165) is 0 Å². The molecule has 0 radical (unpaired) electrons. The van der Waals surface area contributed by atoms with E-state index in [1.54, 1.807) is 31.2 Å². The van der Waals surface area contributed by atoms with Crippen LogP contribution in [0.4, 0.5) is 5.69 Å². The fourth-order valence-corrected chi connectivity index (χ4v) is 4.73. The number of morpholine rings is 1. The Labute approximate surface area is 188 Å². The zero-order valence-corrected chi connectivity index (χ0v) is 18.9. The van der Waals surface area contributed by atoms with Crippen molar-refractivity contribution in [2.24, 2.45) is 0 Å². The molecule has 0 saturated carbocycles. The minimum atomic E-state index is -3.64. The number of carbonyl (C=O) groups is 2. The molecule has 10 heteroatoms. The second kappa shape index (κ2) is 10.6. The lowest BCUT2D eigenvalue weighted by Gasteiger charge is -2.26. The molecule has 9 nitrogen and oxygen atoms in total. The standard InChI is InChI=1S/C22H27N3O6S/c1-3-24(16-21(26)23-19-6-4-5-7-20(19)30-2)22(27)17-8-10-18(11-9-17)32(28,29)25-12-14-31-15-13-25/h4-11H,3,12-16H2,1-2H3,(H,23,26). The molecule has 0 aliphatic carbocycles. The highest BCUT2D eigenvalue weighted by Gasteiger charge is 2.27. The van der Waals surface area contributed by atoms with E-state index in [1.807, 2.05) is 0 Å². The van der Waals surface area contributed by atoms with E-state index >= 15 is 0 Å². The first kappa shape index (κ1) is 23.7. The van der Waals surface area contributed by atoms with E-state index in [-0.39, 0.29) is 23.3 Å². The highest BCUT2D eigenvalue weighted by Crippen LogP contribution is 2.23. The minimum absolute atomic E-state index is 0.118. The molecule has 0 bridgehead atoms. The van der Waals surface area contributed by atoms with Gasteiger partial charge >= 0.3 is 0 Å². The first-order valence-electron chi connectivity index (χ1n) is 10.3. The van der Waals surface area contributed by atoms with Gasteiger partial charge in [-0.2, -0.15) is 4.31 Å². The molecule has 1 saturated heterocycles. The average Bonchev–Trinajstić information content (AvgIpc) is 2.83. The predicted molar refractivity (Wildman–Crippen MR) is 119 cm³/mol. The van der Waals surface area contributed by atoms with Crippen LogP contribution in [0.25, 0.3) is 0 Å². The third kappa shape index (κ3) is 5.45. The molecule has 1 heterocycles. The normalized spacial score (nSPS) is 14.6.